The Hall–Kier alpha value is -1.60. The van der Waals surface area contributed by atoms with Gasteiger partial charge in [-0.25, -0.2) is 0 Å². The maximum Gasteiger partial charge on any atom is 0.230 e. The minimum atomic E-state index is -0.00458. The van der Waals surface area contributed by atoms with Crippen molar-refractivity contribution in [2.24, 2.45) is 0 Å². The Labute approximate surface area is 137 Å². The van der Waals surface area contributed by atoms with E-state index in [-0.39, 0.29) is 5.91 Å². The fraction of sp³-hybridized carbons (Fsp3) is 0.400. The van der Waals surface area contributed by atoms with Crippen LogP contribution in [-0.2, 0) is 11.2 Å². The molecule has 1 aliphatic carbocycles. The van der Waals surface area contributed by atoms with Gasteiger partial charge in [-0.1, -0.05) is 23.9 Å². The highest BCUT2D eigenvalue weighted by molar-refractivity contribution is 7.99. The molecule has 0 atom stereocenters. The van der Waals surface area contributed by atoms with E-state index in [1.54, 1.807) is 17.4 Å². The van der Waals surface area contributed by atoms with Gasteiger partial charge < -0.3 is 9.88 Å². The van der Waals surface area contributed by atoms with Gasteiger partial charge in [0, 0.05) is 23.9 Å². The number of nitrogens with one attached hydrogen (secondary N) is 1. The standard InChI is InChI=1S/C15H18N4OS2/c1-2-7-16-14(20)10-22-15-18-17-13(19(15)11-5-6-11)9-12-4-3-8-21-12/h2-4,8,11H,1,5-7,9-10H2,(H,16,20). The Morgan fingerprint density at radius 3 is 3.09 bits per heavy atom. The molecule has 0 bridgehead atoms. The summed E-state index contributed by atoms with van der Waals surface area (Å²) >= 11 is 3.19. The molecular formula is C15H18N4OS2. The Morgan fingerprint density at radius 1 is 1.55 bits per heavy atom. The highest BCUT2D eigenvalue weighted by Crippen LogP contribution is 2.39. The molecule has 5 nitrogen and oxygen atoms in total. The number of amides is 1. The summed E-state index contributed by atoms with van der Waals surface area (Å²) in [4.78, 5) is 13.0. The molecule has 0 saturated heterocycles. The van der Waals surface area contributed by atoms with Crippen LogP contribution < -0.4 is 5.32 Å². The van der Waals surface area contributed by atoms with Gasteiger partial charge in [0.05, 0.1) is 5.75 Å². The van der Waals surface area contributed by atoms with Crippen LogP contribution in [0, 0.1) is 0 Å². The molecule has 1 amide bonds. The lowest BCUT2D eigenvalue weighted by molar-refractivity contribution is -0.118. The zero-order valence-electron chi connectivity index (χ0n) is 12.2. The predicted octanol–water partition coefficient (Wildman–Crippen LogP) is 2.66. The normalized spacial score (nSPS) is 14.0. The topological polar surface area (TPSA) is 59.8 Å². The monoisotopic (exact) mass is 334 g/mol. The molecule has 7 heteroatoms. The van der Waals surface area contributed by atoms with E-state index < -0.39 is 0 Å². The summed E-state index contributed by atoms with van der Waals surface area (Å²) in [7, 11) is 0. The van der Waals surface area contributed by atoms with Crippen molar-refractivity contribution in [1.29, 1.82) is 0 Å². The Bertz CT molecular complexity index is 647. The van der Waals surface area contributed by atoms with Crippen LogP contribution in [0.3, 0.4) is 0 Å². The zero-order valence-corrected chi connectivity index (χ0v) is 13.8. The fourth-order valence-electron chi connectivity index (χ4n) is 2.16. The van der Waals surface area contributed by atoms with Crippen molar-refractivity contribution in [2.75, 3.05) is 12.3 Å². The average molecular weight is 334 g/mol. The van der Waals surface area contributed by atoms with Gasteiger partial charge in [0.2, 0.25) is 5.91 Å². The van der Waals surface area contributed by atoms with Crippen molar-refractivity contribution >= 4 is 29.0 Å². The van der Waals surface area contributed by atoms with Crippen LogP contribution in [0.15, 0.2) is 35.3 Å². The smallest absolute Gasteiger partial charge is 0.230 e. The minimum absolute atomic E-state index is 0.00458. The van der Waals surface area contributed by atoms with Crippen molar-refractivity contribution in [3.05, 3.63) is 40.9 Å². The molecule has 22 heavy (non-hydrogen) atoms. The highest BCUT2D eigenvalue weighted by atomic mass is 32.2. The number of rotatable bonds is 8. The summed E-state index contributed by atoms with van der Waals surface area (Å²) in [6, 6.07) is 4.67. The van der Waals surface area contributed by atoms with Crippen molar-refractivity contribution in [1.82, 2.24) is 20.1 Å². The molecular weight excluding hydrogens is 316 g/mol. The van der Waals surface area contributed by atoms with Gasteiger partial charge >= 0.3 is 0 Å². The van der Waals surface area contributed by atoms with E-state index in [4.69, 9.17) is 0 Å². The molecule has 2 aromatic rings. The number of aromatic nitrogens is 3. The van der Waals surface area contributed by atoms with Gasteiger partial charge in [-0.2, -0.15) is 0 Å². The van der Waals surface area contributed by atoms with E-state index in [9.17, 15) is 4.79 Å². The highest BCUT2D eigenvalue weighted by Gasteiger charge is 2.29. The second-order valence-electron chi connectivity index (χ2n) is 5.14. The summed E-state index contributed by atoms with van der Waals surface area (Å²) in [5.74, 6) is 1.35. The van der Waals surface area contributed by atoms with Crippen LogP contribution in [0.25, 0.3) is 0 Å². The van der Waals surface area contributed by atoms with E-state index in [0.29, 0.717) is 18.3 Å². The Kier molecular flexibility index (Phi) is 4.94. The second kappa shape index (κ2) is 7.11. The molecule has 0 aromatic carbocycles. The SMILES string of the molecule is C=CCNC(=O)CSc1nnc(Cc2cccs2)n1C1CC1. The molecule has 0 spiro atoms. The Balaban J connectivity index is 1.67. The largest absolute Gasteiger partial charge is 0.352 e. The van der Waals surface area contributed by atoms with E-state index in [1.807, 2.05) is 0 Å². The average Bonchev–Trinajstić information content (AvgIpc) is 3.07. The number of carbonyl (C=O) groups excluding carboxylic acids is 1. The van der Waals surface area contributed by atoms with Gasteiger partial charge in [0.1, 0.15) is 5.82 Å². The van der Waals surface area contributed by atoms with Gasteiger partial charge in [0.15, 0.2) is 5.16 Å². The maximum absolute atomic E-state index is 11.7. The van der Waals surface area contributed by atoms with Gasteiger partial charge in [-0.15, -0.1) is 28.1 Å². The summed E-state index contributed by atoms with van der Waals surface area (Å²) in [5.41, 5.74) is 0. The number of hydrogen-bond acceptors (Lipinski definition) is 5. The van der Waals surface area contributed by atoms with Crippen molar-refractivity contribution in [2.45, 2.75) is 30.5 Å². The lowest BCUT2D eigenvalue weighted by atomic mass is 10.3. The first-order valence-corrected chi connectivity index (χ1v) is 9.11. The first-order chi connectivity index (χ1) is 10.8. The number of carbonyl (C=O) groups is 1. The lowest BCUT2D eigenvalue weighted by Crippen LogP contribution is -2.25. The van der Waals surface area contributed by atoms with Gasteiger partial charge in [-0.05, 0) is 24.3 Å². The minimum Gasteiger partial charge on any atom is -0.352 e. The van der Waals surface area contributed by atoms with Crippen LogP contribution in [0.1, 0.15) is 29.6 Å². The van der Waals surface area contributed by atoms with E-state index in [2.05, 4.69) is 44.2 Å². The zero-order chi connectivity index (χ0) is 15.4. The third-order valence-corrected chi connectivity index (χ3v) is 5.15. The van der Waals surface area contributed by atoms with E-state index in [0.717, 1.165) is 17.4 Å². The van der Waals surface area contributed by atoms with Gasteiger partial charge in [-0.3, -0.25) is 4.79 Å². The molecule has 3 rings (SSSR count). The molecule has 116 valence electrons. The molecule has 1 N–H and O–H groups in total. The maximum atomic E-state index is 11.7. The molecule has 0 unspecified atom stereocenters. The molecule has 2 aromatic heterocycles. The quantitative estimate of drug-likeness (QED) is 0.595. The number of thioether (sulfide) groups is 1. The molecule has 1 fully saturated rings. The van der Waals surface area contributed by atoms with Crippen LogP contribution in [0.5, 0.6) is 0 Å². The van der Waals surface area contributed by atoms with Gasteiger partial charge in [0.25, 0.3) is 0 Å². The van der Waals surface area contributed by atoms with Crippen LogP contribution >= 0.6 is 23.1 Å². The van der Waals surface area contributed by atoms with Crippen LogP contribution in [0.4, 0.5) is 0 Å². The molecule has 1 aliphatic rings. The van der Waals surface area contributed by atoms with E-state index in [1.165, 1.54) is 29.5 Å². The molecule has 1 saturated carbocycles. The number of thiophene rings is 1. The molecule has 2 heterocycles. The van der Waals surface area contributed by atoms with E-state index >= 15 is 0 Å². The van der Waals surface area contributed by atoms with Crippen LogP contribution in [-0.4, -0.2) is 33.0 Å². The van der Waals surface area contributed by atoms with Crippen molar-refractivity contribution in [3.63, 3.8) is 0 Å². The predicted molar refractivity (Wildman–Crippen MR) is 89.3 cm³/mol. The molecule has 0 aliphatic heterocycles. The fourth-order valence-corrected chi connectivity index (χ4v) is 3.72. The lowest BCUT2D eigenvalue weighted by Gasteiger charge is -2.08. The summed E-state index contributed by atoms with van der Waals surface area (Å²) in [6.07, 6.45) is 4.83. The number of hydrogen-bond donors (Lipinski definition) is 1. The Morgan fingerprint density at radius 2 is 2.41 bits per heavy atom. The number of nitrogens with zero attached hydrogens (tertiary/aromatic N) is 3. The van der Waals surface area contributed by atoms with Crippen LogP contribution in [0.2, 0.25) is 0 Å². The summed E-state index contributed by atoms with van der Waals surface area (Å²) < 4.78 is 2.21. The summed E-state index contributed by atoms with van der Waals surface area (Å²) in [5, 5.41) is 14.3. The molecule has 0 radical (unpaired) electrons. The van der Waals surface area contributed by atoms with Crippen molar-refractivity contribution in [3.8, 4) is 0 Å². The third-order valence-electron chi connectivity index (χ3n) is 3.34. The third kappa shape index (κ3) is 3.78. The first-order valence-electron chi connectivity index (χ1n) is 7.24. The summed E-state index contributed by atoms with van der Waals surface area (Å²) in [6.45, 7) is 4.09. The second-order valence-corrected chi connectivity index (χ2v) is 7.11. The first kappa shape index (κ1) is 15.3. The van der Waals surface area contributed by atoms with Crippen molar-refractivity contribution < 1.29 is 4.79 Å².